The molecule has 0 saturated heterocycles. The summed E-state index contributed by atoms with van der Waals surface area (Å²) in [6.07, 6.45) is 1.66. The second kappa shape index (κ2) is 19.8. The maximum atomic E-state index is 12.0. The third-order valence-corrected chi connectivity index (χ3v) is 9.46. The first-order valence-electron chi connectivity index (χ1n) is 16.1. The molecule has 0 radical (unpaired) electrons. The number of amides is 4. The first-order chi connectivity index (χ1) is 26.3. The number of benzene rings is 4. The van der Waals surface area contributed by atoms with Crippen molar-refractivity contribution in [3.8, 4) is 17.1 Å². The highest BCUT2D eigenvalue weighted by Gasteiger charge is 2.18. The van der Waals surface area contributed by atoms with E-state index in [1.54, 1.807) is 0 Å². The molecule has 19 heteroatoms. The van der Waals surface area contributed by atoms with Gasteiger partial charge in [0.1, 0.15) is 5.75 Å². The molecule has 4 amide bonds. The van der Waals surface area contributed by atoms with Gasteiger partial charge in [0.15, 0.2) is 27.0 Å². The number of nitrogens with zero attached hydrogens (tertiary/aromatic N) is 4. The Hall–Kier alpha value is -6.11. The van der Waals surface area contributed by atoms with Gasteiger partial charge in [0.05, 0.1) is 41.0 Å². The second-order valence-corrected chi connectivity index (χ2v) is 15.0. The van der Waals surface area contributed by atoms with Gasteiger partial charge in [-0.25, -0.2) is 23.4 Å². The molecule has 5 aromatic rings. The fourth-order valence-corrected chi connectivity index (χ4v) is 6.39. The molecule has 1 aromatic heterocycles. The fourth-order valence-electron chi connectivity index (χ4n) is 4.56. The predicted molar refractivity (Wildman–Crippen MR) is 216 cm³/mol. The van der Waals surface area contributed by atoms with Gasteiger partial charge in [-0.3, -0.25) is 26.0 Å². The van der Waals surface area contributed by atoms with Crippen molar-refractivity contribution in [1.29, 1.82) is 0 Å². The zero-order valence-corrected chi connectivity index (χ0v) is 32.7. The number of anilines is 3. The van der Waals surface area contributed by atoms with Gasteiger partial charge in [0.25, 0.3) is 0 Å². The van der Waals surface area contributed by atoms with Crippen LogP contribution in [0, 0.1) is 27.0 Å². The van der Waals surface area contributed by atoms with Crippen LogP contribution in [0.4, 0.5) is 37.5 Å². The van der Waals surface area contributed by atoms with Crippen LogP contribution in [-0.4, -0.2) is 49.2 Å². The van der Waals surface area contributed by atoms with Gasteiger partial charge >= 0.3 is 12.1 Å². The van der Waals surface area contributed by atoms with Gasteiger partial charge in [0.2, 0.25) is 5.13 Å². The van der Waals surface area contributed by atoms with E-state index in [4.69, 9.17) is 41.1 Å². The second-order valence-electron chi connectivity index (χ2n) is 11.4. The van der Waals surface area contributed by atoms with Crippen molar-refractivity contribution < 1.29 is 22.7 Å². The highest BCUT2D eigenvalue weighted by Crippen LogP contribution is 2.36. The number of hydrazine groups is 2. The topological polar surface area (TPSA) is 184 Å². The van der Waals surface area contributed by atoms with Gasteiger partial charge in [-0.1, -0.05) is 71.2 Å². The number of halogens is 2. The van der Waals surface area contributed by atoms with Crippen LogP contribution in [0.1, 0.15) is 17.5 Å². The third-order valence-electron chi connectivity index (χ3n) is 7.14. The molecule has 0 aliphatic heterocycles. The number of urea groups is 2. The van der Waals surface area contributed by atoms with Crippen molar-refractivity contribution in [3.05, 3.63) is 123 Å². The van der Waals surface area contributed by atoms with Gasteiger partial charge in [-0.15, -0.1) is 0 Å². The number of carbonyl (C=O) groups is 2. The lowest BCUT2D eigenvalue weighted by Crippen LogP contribution is -2.39. The standard InChI is InChI=1S/C20H23N5O2S.C16H11Cl2N5O3S/c1-14-9-10-17(15(2)13-14)27-12-6-11-21-19(26)23-24-20-22-18(25-28-20)16-7-4-3-5-8-16;1-19-12-7-14(15(27(3,25)26)8-13(12)20-2)22-23-16(24)21-11-5-4-9(17)6-10(11)18/h3-5,7-10,13H,6,11-12H2,1-2H3,(H2,21,23,26)(H,22,24,25);4-8,22H,3H3,(H2,21,23,24). The smallest absolute Gasteiger partial charge is 0.337 e. The molecule has 15 nitrogen and oxygen atoms in total. The van der Waals surface area contributed by atoms with Crippen LogP contribution in [0.15, 0.2) is 83.8 Å². The summed E-state index contributed by atoms with van der Waals surface area (Å²) in [5, 5.41) is 6.35. The highest BCUT2D eigenvalue weighted by molar-refractivity contribution is 7.90. The zero-order chi connectivity index (χ0) is 40.0. The van der Waals surface area contributed by atoms with E-state index < -0.39 is 15.9 Å². The van der Waals surface area contributed by atoms with Crippen molar-refractivity contribution in [2.24, 2.45) is 0 Å². The number of hydrogen-bond acceptors (Lipinski definition) is 10. The van der Waals surface area contributed by atoms with Crippen LogP contribution in [0.5, 0.6) is 5.75 Å². The number of sulfone groups is 1. The number of hydrogen-bond donors (Lipinski definition) is 6. The van der Waals surface area contributed by atoms with E-state index in [0.717, 1.165) is 29.2 Å². The molecule has 1 heterocycles. The molecule has 0 fully saturated rings. The Morgan fingerprint density at radius 2 is 1.58 bits per heavy atom. The molecule has 0 saturated carbocycles. The molecule has 0 atom stereocenters. The van der Waals surface area contributed by atoms with E-state index in [1.165, 1.54) is 41.4 Å². The average Bonchev–Trinajstić information content (AvgIpc) is 3.64. The van der Waals surface area contributed by atoms with E-state index in [-0.39, 0.29) is 38.7 Å². The molecule has 0 unspecified atom stereocenters. The van der Waals surface area contributed by atoms with Gasteiger partial charge in [-0.05, 0) is 62.2 Å². The number of rotatable bonds is 12. The largest absolute Gasteiger partial charge is 0.493 e. The first kappa shape index (κ1) is 41.6. The Kier molecular flexibility index (Phi) is 15.0. The first-order valence-corrected chi connectivity index (χ1v) is 19.5. The van der Waals surface area contributed by atoms with Crippen LogP contribution < -0.4 is 37.1 Å². The molecule has 6 N–H and O–H groups in total. The number of nitrogens with one attached hydrogen (secondary N) is 6. The van der Waals surface area contributed by atoms with Crippen LogP contribution in [-0.2, 0) is 9.84 Å². The molecular formula is C36H34Cl2N10O5S2. The predicted octanol–water partition coefficient (Wildman–Crippen LogP) is 8.56. The van der Waals surface area contributed by atoms with Crippen molar-refractivity contribution in [2.75, 3.05) is 35.6 Å². The molecule has 4 aromatic carbocycles. The van der Waals surface area contributed by atoms with Gasteiger partial charge in [-0.2, -0.15) is 9.36 Å². The molecule has 284 valence electrons. The van der Waals surface area contributed by atoms with Crippen LogP contribution in [0.3, 0.4) is 0 Å². The summed E-state index contributed by atoms with van der Waals surface area (Å²) in [6, 6.07) is 21.4. The minimum Gasteiger partial charge on any atom is -0.493 e. The lowest BCUT2D eigenvalue weighted by molar-refractivity contribution is 0.241. The molecule has 0 aliphatic carbocycles. The quantitative estimate of drug-likeness (QED) is 0.0408. The molecule has 0 bridgehead atoms. The van der Waals surface area contributed by atoms with E-state index >= 15 is 0 Å². The van der Waals surface area contributed by atoms with Crippen LogP contribution in [0.25, 0.3) is 21.1 Å². The number of carbonyl (C=O) groups excluding carboxylic acids is 2. The summed E-state index contributed by atoms with van der Waals surface area (Å²) >= 11 is 12.9. The average molecular weight is 822 g/mol. The summed E-state index contributed by atoms with van der Waals surface area (Å²) in [6.45, 7) is 19.3. The summed E-state index contributed by atoms with van der Waals surface area (Å²) in [5.41, 5.74) is 13.4. The Bertz CT molecular complexity index is 2350. The van der Waals surface area contributed by atoms with Crippen LogP contribution >= 0.6 is 34.7 Å². The summed E-state index contributed by atoms with van der Waals surface area (Å²) in [4.78, 5) is 34.3. The lowest BCUT2D eigenvalue weighted by Gasteiger charge is -2.14. The van der Waals surface area contributed by atoms with Crippen molar-refractivity contribution >= 4 is 84.5 Å². The molecular weight excluding hydrogens is 788 g/mol. The normalized spacial score (nSPS) is 10.4. The number of aromatic nitrogens is 2. The lowest BCUT2D eigenvalue weighted by atomic mass is 10.1. The maximum absolute atomic E-state index is 12.0. The Morgan fingerprint density at radius 1 is 0.873 bits per heavy atom. The van der Waals surface area contributed by atoms with E-state index in [0.29, 0.717) is 35.6 Å². The zero-order valence-electron chi connectivity index (χ0n) is 29.5. The molecule has 0 aliphatic rings. The Balaban J connectivity index is 0.000000245. The number of aryl methyl sites for hydroxylation is 2. The summed E-state index contributed by atoms with van der Waals surface area (Å²) in [5.74, 6) is 1.50. The van der Waals surface area contributed by atoms with Gasteiger partial charge in [0, 0.05) is 34.9 Å². The monoisotopic (exact) mass is 820 g/mol. The third kappa shape index (κ3) is 12.8. The van der Waals surface area contributed by atoms with Gasteiger partial charge < -0.3 is 15.4 Å². The van der Waals surface area contributed by atoms with E-state index in [9.17, 15) is 18.0 Å². The van der Waals surface area contributed by atoms with E-state index in [2.05, 4.69) is 64.4 Å². The summed E-state index contributed by atoms with van der Waals surface area (Å²) < 4.78 is 33.9. The van der Waals surface area contributed by atoms with Crippen LogP contribution in [0.2, 0.25) is 10.0 Å². The van der Waals surface area contributed by atoms with E-state index in [1.807, 2.05) is 49.4 Å². The van der Waals surface area contributed by atoms with Crippen molar-refractivity contribution in [1.82, 2.24) is 25.5 Å². The molecule has 55 heavy (non-hydrogen) atoms. The Labute approximate surface area is 332 Å². The molecule has 5 rings (SSSR count). The highest BCUT2D eigenvalue weighted by atomic mass is 35.5. The summed E-state index contributed by atoms with van der Waals surface area (Å²) in [7, 11) is -3.73. The minimum atomic E-state index is -3.73. The van der Waals surface area contributed by atoms with Crippen molar-refractivity contribution in [2.45, 2.75) is 25.2 Å². The minimum absolute atomic E-state index is 0.0479. The SMILES string of the molecule is Cc1ccc(OCCCNC(=O)NNc2nc(-c3ccccc3)ns2)c(C)c1.[C-]#[N+]c1cc(NNC(=O)Nc2ccc(Cl)cc2Cl)c(S(C)(=O)=O)cc1[N+]#[C-]. The molecule has 0 spiro atoms. The Morgan fingerprint density at radius 3 is 2.25 bits per heavy atom. The number of ether oxygens (including phenoxy) is 1. The maximum Gasteiger partial charge on any atom is 0.337 e. The fraction of sp³-hybridized carbons (Fsp3) is 0.167. The van der Waals surface area contributed by atoms with Crippen molar-refractivity contribution in [3.63, 3.8) is 0 Å².